The van der Waals surface area contributed by atoms with Crippen molar-refractivity contribution in [3.8, 4) is 0 Å². The molecule has 3 rings (SSSR count). The number of aromatic nitrogens is 1. The summed E-state index contributed by atoms with van der Waals surface area (Å²) >= 11 is 12.3. The van der Waals surface area contributed by atoms with Gasteiger partial charge in [0.25, 0.3) is 5.91 Å². The molecule has 0 aliphatic rings. The molecule has 2 N–H and O–H groups in total. The molecule has 0 atom stereocenters. The van der Waals surface area contributed by atoms with Gasteiger partial charge in [-0.1, -0.05) is 35.3 Å². The predicted molar refractivity (Wildman–Crippen MR) is 107 cm³/mol. The molecule has 27 heavy (non-hydrogen) atoms. The second-order valence-electron chi connectivity index (χ2n) is 6.84. The number of aromatic carboxylic acids is 1. The van der Waals surface area contributed by atoms with Crippen LogP contribution in [0.15, 0.2) is 42.5 Å². The number of hydrogen-bond donors (Lipinski definition) is 2. The van der Waals surface area contributed by atoms with Gasteiger partial charge in [0.15, 0.2) is 0 Å². The molecule has 5 nitrogen and oxygen atoms in total. The Morgan fingerprint density at radius 1 is 1.07 bits per heavy atom. The van der Waals surface area contributed by atoms with Crippen molar-refractivity contribution in [1.29, 1.82) is 0 Å². The molecule has 2 aromatic carbocycles. The van der Waals surface area contributed by atoms with Crippen LogP contribution in [0, 0.1) is 0 Å². The van der Waals surface area contributed by atoms with Gasteiger partial charge in [0.05, 0.1) is 21.1 Å². The predicted octanol–water partition coefficient (Wildman–Crippen LogP) is 4.85. The number of benzene rings is 2. The van der Waals surface area contributed by atoms with Gasteiger partial charge in [0, 0.05) is 18.0 Å². The highest BCUT2D eigenvalue weighted by molar-refractivity contribution is 6.45. The Labute approximate surface area is 166 Å². The first-order valence-electron chi connectivity index (χ1n) is 8.21. The van der Waals surface area contributed by atoms with Crippen LogP contribution in [0.5, 0.6) is 0 Å². The number of amides is 1. The van der Waals surface area contributed by atoms with E-state index in [0.717, 1.165) is 11.1 Å². The molecular formula is C20H18Cl2N2O3. The molecule has 1 heterocycles. The maximum absolute atomic E-state index is 12.9. The molecule has 1 amide bonds. The van der Waals surface area contributed by atoms with Gasteiger partial charge < -0.3 is 15.0 Å². The molecule has 0 saturated heterocycles. The highest BCUT2D eigenvalue weighted by Gasteiger charge is 2.26. The van der Waals surface area contributed by atoms with E-state index in [1.54, 1.807) is 35.9 Å². The quantitative estimate of drug-likeness (QED) is 0.652. The fraction of sp³-hybridized carbons (Fsp3) is 0.200. The molecule has 1 aromatic heterocycles. The molecule has 7 heteroatoms. The number of carbonyl (C=O) groups is 2. The number of rotatable bonds is 4. The Hall–Kier alpha value is -2.50. The van der Waals surface area contributed by atoms with Crippen LogP contribution in [0.4, 0.5) is 0 Å². The van der Waals surface area contributed by atoms with Crippen molar-refractivity contribution in [2.45, 2.75) is 19.4 Å². The monoisotopic (exact) mass is 404 g/mol. The summed E-state index contributed by atoms with van der Waals surface area (Å²) < 4.78 is 1.76. The minimum atomic E-state index is -0.991. The number of carbonyl (C=O) groups excluding carboxylic acids is 1. The average Bonchev–Trinajstić information content (AvgIpc) is 2.95. The van der Waals surface area contributed by atoms with E-state index in [1.165, 1.54) is 12.1 Å². The third-order valence-electron chi connectivity index (χ3n) is 4.63. The molecule has 0 bridgehead atoms. The molecule has 3 aromatic rings. The summed E-state index contributed by atoms with van der Waals surface area (Å²) in [5.41, 5.74) is 1.54. The number of nitrogens with zero attached hydrogens (tertiary/aromatic N) is 1. The summed E-state index contributed by atoms with van der Waals surface area (Å²) in [4.78, 5) is 23.9. The zero-order chi connectivity index (χ0) is 19.9. The maximum Gasteiger partial charge on any atom is 0.335 e. The smallest absolute Gasteiger partial charge is 0.335 e. The van der Waals surface area contributed by atoms with E-state index in [0.29, 0.717) is 21.1 Å². The first-order chi connectivity index (χ1) is 12.6. The van der Waals surface area contributed by atoms with Crippen LogP contribution in [0.2, 0.25) is 10.0 Å². The van der Waals surface area contributed by atoms with E-state index in [4.69, 9.17) is 28.3 Å². The normalized spacial score (nSPS) is 11.6. The number of carboxylic acid groups (broad SMARTS) is 1. The topological polar surface area (TPSA) is 71.3 Å². The van der Waals surface area contributed by atoms with Gasteiger partial charge in [0.1, 0.15) is 5.69 Å². The molecule has 0 unspecified atom stereocenters. The average molecular weight is 405 g/mol. The molecule has 0 spiro atoms. The first kappa shape index (κ1) is 19.3. The maximum atomic E-state index is 12.9. The van der Waals surface area contributed by atoms with Crippen molar-refractivity contribution in [2.75, 3.05) is 0 Å². The van der Waals surface area contributed by atoms with Gasteiger partial charge in [-0.2, -0.15) is 0 Å². The van der Waals surface area contributed by atoms with Crippen LogP contribution in [0.1, 0.15) is 40.3 Å². The summed E-state index contributed by atoms with van der Waals surface area (Å²) in [5.74, 6) is -1.26. The number of nitrogens with one attached hydrogen (secondary N) is 1. The van der Waals surface area contributed by atoms with Crippen LogP contribution >= 0.6 is 23.2 Å². The number of halogens is 2. The third-order valence-corrected chi connectivity index (χ3v) is 5.44. The Morgan fingerprint density at radius 3 is 2.30 bits per heavy atom. The summed E-state index contributed by atoms with van der Waals surface area (Å²) in [7, 11) is 1.79. The lowest BCUT2D eigenvalue weighted by atomic mass is 9.93. The van der Waals surface area contributed by atoms with Gasteiger partial charge >= 0.3 is 5.97 Å². The summed E-state index contributed by atoms with van der Waals surface area (Å²) in [6.45, 7) is 3.71. The number of carboxylic acids is 1. The Kier molecular flexibility index (Phi) is 4.93. The lowest BCUT2D eigenvalue weighted by molar-refractivity contribution is 0.0696. The molecule has 0 radical (unpaired) electrons. The highest BCUT2D eigenvalue weighted by Crippen LogP contribution is 2.33. The van der Waals surface area contributed by atoms with Crippen molar-refractivity contribution in [2.24, 2.45) is 7.05 Å². The summed E-state index contributed by atoms with van der Waals surface area (Å²) in [6, 6.07) is 11.7. The number of hydrogen-bond acceptors (Lipinski definition) is 2. The van der Waals surface area contributed by atoms with Gasteiger partial charge in [0.2, 0.25) is 0 Å². The summed E-state index contributed by atoms with van der Waals surface area (Å²) in [6.07, 6.45) is 0. The highest BCUT2D eigenvalue weighted by atomic mass is 35.5. The number of fused-ring (bicyclic) bond motifs is 1. The van der Waals surface area contributed by atoms with E-state index in [9.17, 15) is 9.59 Å². The molecule has 0 saturated carbocycles. The zero-order valence-corrected chi connectivity index (χ0v) is 16.5. The van der Waals surface area contributed by atoms with Crippen molar-refractivity contribution in [1.82, 2.24) is 9.88 Å². The van der Waals surface area contributed by atoms with Crippen molar-refractivity contribution in [3.63, 3.8) is 0 Å². The first-order valence-corrected chi connectivity index (χ1v) is 8.97. The van der Waals surface area contributed by atoms with Gasteiger partial charge in [-0.3, -0.25) is 4.79 Å². The largest absolute Gasteiger partial charge is 0.478 e. The van der Waals surface area contributed by atoms with Gasteiger partial charge in [-0.25, -0.2) is 4.79 Å². The van der Waals surface area contributed by atoms with Crippen molar-refractivity contribution < 1.29 is 14.7 Å². The van der Waals surface area contributed by atoms with Crippen LogP contribution in [-0.2, 0) is 12.6 Å². The minimum Gasteiger partial charge on any atom is -0.478 e. The van der Waals surface area contributed by atoms with Gasteiger partial charge in [-0.15, -0.1) is 0 Å². The second-order valence-corrected chi connectivity index (χ2v) is 7.63. The Balaban J connectivity index is 1.92. The SMILES string of the molecule is Cn1c(C(=O)NC(C)(C)c2ccc(C(=O)O)cc2)cc2c(Cl)c(Cl)ccc21. The molecule has 0 fully saturated rings. The number of aryl methyl sites for hydroxylation is 1. The van der Waals surface area contributed by atoms with Gasteiger partial charge in [-0.05, 0) is 49.7 Å². The van der Waals surface area contributed by atoms with E-state index >= 15 is 0 Å². The molecule has 0 aliphatic heterocycles. The Morgan fingerprint density at radius 2 is 1.70 bits per heavy atom. The minimum absolute atomic E-state index is 0.195. The van der Waals surface area contributed by atoms with Crippen LogP contribution in [0.3, 0.4) is 0 Å². The summed E-state index contributed by atoms with van der Waals surface area (Å²) in [5, 5.41) is 13.6. The lowest BCUT2D eigenvalue weighted by Crippen LogP contribution is -2.41. The van der Waals surface area contributed by atoms with E-state index in [1.807, 2.05) is 19.9 Å². The van der Waals surface area contributed by atoms with Crippen molar-refractivity contribution in [3.05, 3.63) is 69.3 Å². The third kappa shape index (κ3) is 3.53. The van der Waals surface area contributed by atoms with E-state index in [-0.39, 0.29) is 11.5 Å². The fourth-order valence-electron chi connectivity index (χ4n) is 3.02. The molecular weight excluding hydrogens is 387 g/mol. The van der Waals surface area contributed by atoms with Crippen molar-refractivity contribution >= 4 is 46.0 Å². The van der Waals surface area contributed by atoms with Crippen LogP contribution in [0.25, 0.3) is 10.9 Å². The second kappa shape index (κ2) is 6.91. The molecule has 0 aliphatic carbocycles. The van der Waals surface area contributed by atoms with E-state index in [2.05, 4.69) is 5.32 Å². The zero-order valence-electron chi connectivity index (χ0n) is 15.0. The molecule has 140 valence electrons. The van der Waals surface area contributed by atoms with Crippen LogP contribution in [-0.4, -0.2) is 21.6 Å². The Bertz CT molecular complexity index is 1050. The standard InChI is InChI=1S/C20H18Cl2N2O3/c1-20(2,12-6-4-11(5-7-12)19(26)27)23-18(25)16-10-13-15(24(16)3)9-8-14(21)17(13)22/h4-10H,1-3H3,(H,23,25)(H,26,27). The van der Waals surface area contributed by atoms with Crippen LogP contribution < -0.4 is 5.32 Å². The fourth-order valence-corrected chi connectivity index (χ4v) is 3.40. The van der Waals surface area contributed by atoms with E-state index < -0.39 is 11.5 Å². The lowest BCUT2D eigenvalue weighted by Gasteiger charge is -2.27.